The summed E-state index contributed by atoms with van der Waals surface area (Å²) in [6, 6.07) is 0. The summed E-state index contributed by atoms with van der Waals surface area (Å²) >= 11 is 0. The molecule has 1 aromatic heterocycles. The van der Waals surface area contributed by atoms with E-state index >= 15 is 0 Å². The molecule has 2 rings (SSSR count). The van der Waals surface area contributed by atoms with Crippen LogP contribution in [0.15, 0.2) is 24.7 Å². The minimum absolute atomic E-state index is 0.955. The molecular formula is C8H11N3. The number of aromatic nitrogens is 2. The molecule has 1 aliphatic rings. The van der Waals surface area contributed by atoms with Crippen LogP contribution in [0.2, 0.25) is 0 Å². The number of imidazole rings is 1. The van der Waals surface area contributed by atoms with Crippen molar-refractivity contribution in [2.24, 2.45) is 0 Å². The average molecular weight is 149 g/mol. The highest BCUT2D eigenvalue weighted by atomic mass is 15.1. The molecule has 0 saturated heterocycles. The molecule has 0 fully saturated rings. The molecule has 11 heavy (non-hydrogen) atoms. The summed E-state index contributed by atoms with van der Waals surface area (Å²) in [5.41, 5.74) is 1.12. The molecule has 1 aromatic rings. The molecule has 0 spiro atoms. The Kier molecular flexibility index (Phi) is 1.73. The first-order valence-electron chi connectivity index (χ1n) is 3.80. The Hall–Kier alpha value is -1.09. The van der Waals surface area contributed by atoms with Crippen molar-refractivity contribution in [1.82, 2.24) is 14.9 Å². The Bertz CT molecular complexity index is 230. The Morgan fingerprint density at radius 3 is 2.91 bits per heavy atom. The van der Waals surface area contributed by atoms with Crippen LogP contribution in [-0.2, 0) is 6.54 Å². The van der Waals surface area contributed by atoms with E-state index in [1.54, 1.807) is 6.33 Å². The van der Waals surface area contributed by atoms with Crippen molar-refractivity contribution in [1.29, 1.82) is 0 Å². The van der Waals surface area contributed by atoms with Gasteiger partial charge in [-0.05, 0) is 0 Å². The van der Waals surface area contributed by atoms with Gasteiger partial charge in [-0.3, -0.25) is 4.90 Å². The Labute approximate surface area is 65.7 Å². The van der Waals surface area contributed by atoms with Gasteiger partial charge in [0.1, 0.15) is 0 Å². The number of nitrogens with zero attached hydrogens (tertiary/aromatic N) is 2. The first-order valence-corrected chi connectivity index (χ1v) is 3.80. The van der Waals surface area contributed by atoms with Gasteiger partial charge in [-0.1, -0.05) is 12.2 Å². The van der Waals surface area contributed by atoms with E-state index in [4.69, 9.17) is 0 Å². The van der Waals surface area contributed by atoms with E-state index in [2.05, 4.69) is 27.0 Å². The summed E-state index contributed by atoms with van der Waals surface area (Å²) in [6.07, 6.45) is 8.04. The first kappa shape index (κ1) is 6.61. The maximum atomic E-state index is 4.15. The lowest BCUT2D eigenvalue weighted by Crippen LogP contribution is -2.19. The summed E-state index contributed by atoms with van der Waals surface area (Å²) in [4.78, 5) is 9.43. The zero-order valence-electron chi connectivity index (χ0n) is 6.33. The van der Waals surface area contributed by atoms with E-state index in [1.807, 2.05) is 6.20 Å². The smallest absolute Gasteiger partial charge is 0.0923 e. The quantitative estimate of drug-likeness (QED) is 0.630. The van der Waals surface area contributed by atoms with E-state index in [9.17, 15) is 0 Å². The van der Waals surface area contributed by atoms with Crippen LogP contribution < -0.4 is 0 Å². The molecule has 0 aliphatic carbocycles. The molecule has 1 aliphatic heterocycles. The van der Waals surface area contributed by atoms with Gasteiger partial charge in [-0.2, -0.15) is 0 Å². The lowest BCUT2D eigenvalue weighted by atomic mass is 10.4. The first-order chi connectivity index (χ1) is 5.45. The van der Waals surface area contributed by atoms with Crippen molar-refractivity contribution < 1.29 is 0 Å². The lowest BCUT2D eigenvalue weighted by Gasteiger charge is -2.11. The van der Waals surface area contributed by atoms with E-state index in [-0.39, 0.29) is 0 Å². The predicted molar refractivity (Wildman–Crippen MR) is 43.0 cm³/mol. The fraction of sp³-hybridized carbons (Fsp3) is 0.375. The standard InChI is InChI=1S/C8H11N3/c1-2-4-11(3-1)6-8-5-9-7-10-8/h1-2,5,7H,3-4,6H2,(H,9,10). The molecule has 0 atom stereocenters. The van der Waals surface area contributed by atoms with Crippen LogP contribution in [-0.4, -0.2) is 28.0 Å². The Morgan fingerprint density at radius 2 is 2.27 bits per heavy atom. The van der Waals surface area contributed by atoms with E-state index < -0.39 is 0 Å². The molecule has 58 valence electrons. The number of rotatable bonds is 2. The van der Waals surface area contributed by atoms with Crippen molar-refractivity contribution in [2.75, 3.05) is 13.1 Å². The number of nitrogens with one attached hydrogen (secondary N) is 1. The highest BCUT2D eigenvalue weighted by molar-refractivity contribution is 5.00. The van der Waals surface area contributed by atoms with Gasteiger partial charge in [0.2, 0.25) is 0 Å². The molecule has 2 heterocycles. The van der Waals surface area contributed by atoms with Gasteiger partial charge in [-0.15, -0.1) is 0 Å². The maximum Gasteiger partial charge on any atom is 0.0923 e. The molecule has 1 N–H and O–H groups in total. The van der Waals surface area contributed by atoms with Crippen molar-refractivity contribution in [3.05, 3.63) is 30.4 Å². The van der Waals surface area contributed by atoms with Gasteiger partial charge < -0.3 is 4.98 Å². The third kappa shape index (κ3) is 1.49. The third-order valence-corrected chi connectivity index (χ3v) is 1.83. The predicted octanol–water partition coefficient (Wildman–Crippen LogP) is 0.781. The molecule has 0 bridgehead atoms. The maximum absolute atomic E-state index is 4.15. The normalized spacial score (nSPS) is 17.8. The Morgan fingerprint density at radius 1 is 1.45 bits per heavy atom. The number of aromatic amines is 1. The van der Waals surface area contributed by atoms with Crippen LogP contribution in [0.4, 0.5) is 0 Å². The molecule has 0 unspecified atom stereocenters. The molecule has 0 saturated carbocycles. The van der Waals surface area contributed by atoms with Gasteiger partial charge in [0.25, 0.3) is 0 Å². The summed E-state index contributed by atoms with van der Waals surface area (Å²) in [5.74, 6) is 0. The number of H-pyrrole nitrogens is 1. The fourth-order valence-corrected chi connectivity index (χ4v) is 1.26. The van der Waals surface area contributed by atoms with Gasteiger partial charge in [0, 0.05) is 25.8 Å². The average Bonchev–Trinajstić information content (AvgIpc) is 2.60. The van der Waals surface area contributed by atoms with Crippen LogP contribution in [0.1, 0.15) is 5.69 Å². The minimum atomic E-state index is 0.955. The van der Waals surface area contributed by atoms with Gasteiger partial charge in [0.05, 0.1) is 12.0 Å². The second-order valence-electron chi connectivity index (χ2n) is 2.73. The molecule has 3 nitrogen and oxygen atoms in total. The fourth-order valence-electron chi connectivity index (χ4n) is 1.26. The van der Waals surface area contributed by atoms with E-state index in [1.165, 1.54) is 0 Å². The third-order valence-electron chi connectivity index (χ3n) is 1.83. The van der Waals surface area contributed by atoms with Crippen molar-refractivity contribution >= 4 is 0 Å². The second kappa shape index (κ2) is 2.88. The second-order valence-corrected chi connectivity index (χ2v) is 2.73. The minimum Gasteiger partial charge on any atom is -0.351 e. The summed E-state index contributed by atoms with van der Waals surface area (Å²) in [5, 5.41) is 0. The van der Waals surface area contributed by atoms with Crippen LogP contribution in [0.5, 0.6) is 0 Å². The van der Waals surface area contributed by atoms with Gasteiger partial charge in [0.15, 0.2) is 0 Å². The van der Waals surface area contributed by atoms with Crippen LogP contribution in [0.3, 0.4) is 0 Å². The summed E-state index contributed by atoms with van der Waals surface area (Å²) in [7, 11) is 0. The van der Waals surface area contributed by atoms with Gasteiger partial charge >= 0.3 is 0 Å². The van der Waals surface area contributed by atoms with Crippen LogP contribution in [0.25, 0.3) is 0 Å². The highest BCUT2D eigenvalue weighted by Crippen LogP contribution is 2.04. The molecule has 0 amide bonds. The largest absolute Gasteiger partial charge is 0.351 e. The SMILES string of the molecule is C1=CCN(Cc2c[nH]cn2)C1. The molecule has 3 heteroatoms. The molecule has 0 aromatic carbocycles. The highest BCUT2D eigenvalue weighted by Gasteiger charge is 2.06. The van der Waals surface area contributed by atoms with Gasteiger partial charge in [-0.25, -0.2) is 4.98 Å². The molecular weight excluding hydrogens is 138 g/mol. The van der Waals surface area contributed by atoms with E-state index in [0.29, 0.717) is 0 Å². The topological polar surface area (TPSA) is 31.9 Å². The van der Waals surface area contributed by atoms with Crippen LogP contribution in [0, 0.1) is 0 Å². The molecule has 0 radical (unpaired) electrons. The van der Waals surface area contributed by atoms with Crippen molar-refractivity contribution in [2.45, 2.75) is 6.54 Å². The van der Waals surface area contributed by atoms with E-state index in [0.717, 1.165) is 25.3 Å². The lowest BCUT2D eigenvalue weighted by molar-refractivity contribution is 0.341. The Balaban J connectivity index is 1.91. The summed E-state index contributed by atoms with van der Waals surface area (Å²) < 4.78 is 0. The zero-order valence-corrected chi connectivity index (χ0v) is 6.33. The summed E-state index contributed by atoms with van der Waals surface area (Å²) in [6.45, 7) is 3.08. The monoisotopic (exact) mass is 149 g/mol. The zero-order chi connectivity index (χ0) is 7.52. The number of hydrogen-bond acceptors (Lipinski definition) is 2. The van der Waals surface area contributed by atoms with Crippen LogP contribution >= 0.6 is 0 Å². The van der Waals surface area contributed by atoms with Crippen molar-refractivity contribution in [3.63, 3.8) is 0 Å². The van der Waals surface area contributed by atoms with Crippen molar-refractivity contribution in [3.8, 4) is 0 Å². The number of hydrogen-bond donors (Lipinski definition) is 1.